The van der Waals surface area contributed by atoms with Crippen LogP contribution in [0.2, 0.25) is 0 Å². The van der Waals surface area contributed by atoms with Gasteiger partial charge in [-0.1, -0.05) is 43.0 Å². The molecule has 0 bridgehead atoms. The summed E-state index contributed by atoms with van der Waals surface area (Å²) in [6, 6.07) is 13.1. The minimum atomic E-state index is -0.251. The second-order valence-electron chi connectivity index (χ2n) is 8.35. The number of aromatic nitrogens is 4. The number of hydrogen-bond donors (Lipinski definition) is 1. The predicted molar refractivity (Wildman–Crippen MR) is 113 cm³/mol. The molecule has 1 aliphatic rings. The first-order chi connectivity index (χ1) is 13.5. The van der Waals surface area contributed by atoms with Crippen LogP contribution in [0.3, 0.4) is 0 Å². The monoisotopic (exact) mass is 375 g/mol. The molecule has 0 saturated heterocycles. The van der Waals surface area contributed by atoms with E-state index in [2.05, 4.69) is 84.9 Å². The number of nitrogens with zero attached hydrogens (tertiary/aromatic N) is 4. The first-order valence-corrected chi connectivity index (χ1v) is 10.2. The van der Waals surface area contributed by atoms with Crippen LogP contribution in [0.5, 0.6) is 0 Å². The number of benzene rings is 2. The lowest BCUT2D eigenvalue weighted by atomic mass is 9.80. The van der Waals surface area contributed by atoms with E-state index in [9.17, 15) is 0 Å². The molecule has 1 saturated carbocycles. The molecule has 5 heteroatoms. The van der Waals surface area contributed by atoms with Crippen molar-refractivity contribution in [3.63, 3.8) is 0 Å². The first-order valence-electron chi connectivity index (χ1n) is 10.2. The summed E-state index contributed by atoms with van der Waals surface area (Å²) < 4.78 is 1.93. The number of aryl methyl sites for hydroxylation is 4. The molecule has 1 fully saturated rings. The Morgan fingerprint density at radius 3 is 2.25 bits per heavy atom. The quantitative estimate of drug-likeness (QED) is 0.684. The molecule has 146 valence electrons. The Labute approximate surface area is 167 Å². The Morgan fingerprint density at radius 2 is 1.57 bits per heavy atom. The van der Waals surface area contributed by atoms with Crippen molar-refractivity contribution in [2.75, 3.05) is 5.32 Å². The Balaban J connectivity index is 1.80. The molecule has 2 aromatic carbocycles. The Hall–Kier alpha value is -2.69. The fourth-order valence-corrected chi connectivity index (χ4v) is 4.50. The first kappa shape index (κ1) is 18.7. The zero-order valence-electron chi connectivity index (χ0n) is 17.3. The van der Waals surface area contributed by atoms with Crippen LogP contribution in [0.15, 0.2) is 36.4 Å². The van der Waals surface area contributed by atoms with Crippen LogP contribution in [0.25, 0.3) is 5.69 Å². The van der Waals surface area contributed by atoms with Gasteiger partial charge in [0.15, 0.2) is 5.82 Å². The maximum Gasteiger partial charge on any atom is 0.181 e. The highest BCUT2D eigenvalue weighted by Gasteiger charge is 2.39. The van der Waals surface area contributed by atoms with Gasteiger partial charge in [-0.25, -0.2) is 0 Å². The van der Waals surface area contributed by atoms with Gasteiger partial charge in [0, 0.05) is 5.69 Å². The maximum absolute atomic E-state index is 4.53. The van der Waals surface area contributed by atoms with Crippen molar-refractivity contribution in [3.05, 3.63) is 64.5 Å². The summed E-state index contributed by atoms with van der Waals surface area (Å²) in [5.41, 5.74) is 6.93. The van der Waals surface area contributed by atoms with Crippen molar-refractivity contribution < 1.29 is 0 Å². The fourth-order valence-electron chi connectivity index (χ4n) is 4.50. The molecule has 1 aliphatic carbocycles. The Morgan fingerprint density at radius 1 is 0.857 bits per heavy atom. The Kier molecular flexibility index (Phi) is 4.92. The number of tetrazole rings is 1. The summed E-state index contributed by atoms with van der Waals surface area (Å²) in [7, 11) is 0. The normalized spacial score (nSPS) is 16.1. The van der Waals surface area contributed by atoms with Gasteiger partial charge in [-0.3, -0.25) is 0 Å². The lowest BCUT2D eigenvalue weighted by Crippen LogP contribution is -2.40. The van der Waals surface area contributed by atoms with Crippen molar-refractivity contribution >= 4 is 5.69 Å². The largest absolute Gasteiger partial charge is 0.372 e. The molecule has 0 spiro atoms. The van der Waals surface area contributed by atoms with Crippen LogP contribution in [0, 0.1) is 27.7 Å². The van der Waals surface area contributed by atoms with E-state index in [1.807, 2.05) is 4.68 Å². The molecule has 0 radical (unpaired) electrons. The zero-order valence-corrected chi connectivity index (χ0v) is 17.3. The van der Waals surface area contributed by atoms with Crippen molar-refractivity contribution in [1.29, 1.82) is 0 Å². The van der Waals surface area contributed by atoms with Gasteiger partial charge in [-0.2, -0.15) is 4.68 Å². The second kappa shape index (κ2) is 7.38. The molecule has 4 rings (SSSR count). The van der Waals surface area contributed by atoms with Gasteiger partial charge in [-0.05, 0) is 85.9 Å². The molecule has 5 nitrogen and oxygen atoms in total. The third-order valence-corrected chi connectivity index (χ3v) is 5.81. The molecule has 0 unspecified atom stereocenters. The highest BCUT2D eigenvalue weighted by atomic mass is 15.6. The molecule has 3 aromatic rings. The van der Waals surface area contributed by atoms with Crippen molar-refractivity contribution in [2.24, 2.45) is 0 Å². The van der Waals surface area contributed by atoms with Crippen LogP contribution in [-0.4, -0.2) is 20.2 Å². The average molecular weight is 376 g/mol. The minimum absolute atomic E-state index is 0.251. The zero-order chi connectivity index (χ0) is 19.7. The number of rotatable bonds is 4. The third-order valence-electron chi connectivity index (χ3n) is 5.81. The van der Waals surface area contributed by atoms with E-state index < -0.39 is 0 Å². The van der Waals surface area contributed by atoms with Gasteiger partial charge < -0.3 is 5.32 Å². The van der Waals surface area contributed by atoms with Crippen LogP contribution in [-0.2, 0) is 5.54 Å². The van der Waals surface area contributed by atoms with E-state index in [-0.39, 0.29) is 5.54 Å². The summed E-state index contributed by atoms with van der Waals surface area (Å²) in [5.74, 6) is 0.914. The summed E-state index contributed by atoms with van der Waals surface area (Å²) in [6.07, 6.45) is 5.69. The Bertz CT molecular complexity index is 962. The highest BCUT2D eigenvalue weighted by molar-refractivity contribution is 5.54. The second-order valence-corrected chi connectivity index (χ2v) is 8.35. The van der Waals surface area contributed by atoms with Gasteiger partial charge in [-0.15, -0.1) is 5.10 Å². The van der Waals surface area contributed by atoms with Crippen molar-refractivity contribution in [1.82, 2.24) is 20.2 Å². The van der Waals surface area contributed by atoms with Gasteiger partial charge in [0.05, 0.1) is 11.2 Å². The highest BCUT2D eigenvalue weighted by Crippen LogP contribution is 2.40. The topological polar surface area (TPSA) is 55.6 Å². The number of nitrogens with one attached hydrogen (secondary N) is 1. The molecule has 1 N–H and O–H groups in total. The smallest absolute Gasteiger partial charge is 0.181 e. The van der Waals surface area contributed by atoms with E-state index >= 15 is 0 Å². The van der Waals surface area contributed by atoms with Crippen molar-refractivity contribution in [3.8, 4) is 5.69 Å². The SMILES string of the molecule is Cc1cc(C)cc(-n2nnnc2C2(Nc3ccc(C)cc3C)CCCCC2)c1. The van der Waals surface area contributed by atoms with Crippen molar-refractivity contribution in [2.45, 2.75) is 65.3 Å². The van der Waals surface area contributed by atoms with Crippen LogP contribution < -0.4 is 5.32 Å². The lowest BCUT2D eigenvalue weighted by Gasteiger charge is -2.38. The molecular formula is C23H29N5. The predicted octanol–water partition coefficient (Wildman–Crippen LogP) is 5.17. The van der Waals surface area contributed by atoms with Crippen LogP contribution in [0.4, 0.5) is 5.69 Å². The molecule has 0 amide bonds. The summed E-state index contributed by atoms with van der Waals surface area (Å²) in [6.45, 7) is 8.53. The van der Waals surface area contributed by atoms with E-state index in [1.165, 1.54) is 47.2 Å². The van der Waals surface area contributed by atoms with Gasteiger partial charge in [0.1, 0.15) is 0 Å². The summed E-state index contributed by atoms with van der Waals surface area (Å²) in [4.78, 5) is 0. The lowest BCUT2D eigenvalue weighted by molar-refractivity contribution is 0.309. The number of hydrogen-bond acceptors (Lipinski definition) is 4. The molecular weight excluding hydrogens is 346 g/mol. The molecule has 0 atom stereocenters. The molecule has 28 heavy (non-hydrogen) atoms. The van der Waals surface area contributed by atoms with Gasteiger partial charge in [0.25, 0.3) is 0 Å². The van der Waals surface area contributed by atoms with E-state index in [0.717, 1.165) is 24.4 Å². The molecule has 1 aromatic heterocycles. The van der Waals surface area contributed by atoms with E-state index in [1.54, 1.807) is 0 Å². The molecule has 0 aliphatic heterocycles. The van der Waals surface area contributed by atoms with Gasteiger partial charge in [0.2, 0.25) is 0 Å². The van der Waals surface area contributed by atoms with E-state index in [4.69, 9.17) is 0 Å². The van der Waals surface area contributed by atoms with Crippen LogP contribution >= 0.6 is 0 Å². The van der Waals surface area contributed by atoms with E-state index in [0.29, 0.717) is 0 Å². The van der Waals surface area contributed by atoms with Crippen LogP contribution in [0.1, 0.15) is 60.2 Å². The maximum atomic E-state index is 4.53. The van der Waals surface area contributed by atoms with Gasteiger partial charge >= 0.3 is 0 Å². The summed E-state index contributed by atoms with van der Waals surface area (Å²) in [5, 5.41) is 16.9. The minimum Gasteiger partial charge on any atom is -0.372 e. The fraction of sp³-hybridized carbons (Fsp3) is 0.435. The third kappa shape index (κ3) is 3.53. The molecule has 1 heterocycles. The number of anilines is 1. The average Bonchev–Trinajstić information content (AvgIpc) is 3.15. The standard InChI is InChI=1S/C23H29N5/c1-16-8-9-21(19(4)13-16)24-23(10-6-5-7-11-23)22-25-26-27-28(22)20-14-17(2)12-18(3)15-20/h8-9,12-15,24H,5-7,10-11H2,1-4H3. The summed E-state index contributed by atoms with van der Waals surface area (Å²) >= 11 is 0.